The molecule has 3 heterocycles. The molecule has 1 N–H and O–H groups in total. The van der Waals surface area contributed by atoms with E-state index in [1.165, 1.54) is 5.56 Å². The maximum atomic E-state index is 5.24. The molecule has 0 spiro atoms. The zero-order chi connectivity index (χ0) is 18.6. The third-order valence-corrected chi connectivity index (χ3v) is 4.50. The Hall–Kier alpha value is -3.48. The normalized spacial score (nSPS) is 12.1. The molecule has 1 unspecified atom stereocenters. The summed E-state index contributed by atoms with van der Waals surface area (Å²) in [6.45, 7) is 2.14. The van der Waals surface area contributed by atoms with Crippen LogP contribution in [0.3, 0.4) is 0 Å². The zero-order valence-electron chi connectivity index (χ0n) is 15.2. The molecule has 0 radical (unpaired) electrons. The van der Waals surface area contributed by atoms with Crippen molar-refractivity contribution in [2.45, 2.75) is 19.4 Å². The van der Waals surface area contributed by atoms with Crippen LogP contribution in [0.5, 0.6) is 5.75 Å². The van der Waals surface area contributed by atoms with Gasteiger partial charge in [-0.1, -0.05) is 6.92 Å². The standard InChI is InChI=1S/C20H20N6O/c1-3-17(15-8-10-21-11-9-15)23-19-12-18(25-26-13-22-24-20(19)26)14-4-6-16(27-2)7-5-14/h4-13,17,23H,3H2,1-2H3. The van der Waals surface area contributed by atoms with Gasteiger partial charge in [0.25, 0.3) is 0 Å². The van der Waals surface area contributed by atoms with E-state index in [2.05, 4.69) is 32.5 Å². The van der Waals surface area contributed by atoms with Crippen LogP contribution in [0.1, 0.15) is 24.9 Å². The Bertz CT molecular complexity index is 1030. The van der Waals surface area contributed by atoms with Gasteiger partial charge in [-0.05, 0) is 54.4 Å². The highest BCUT2D eigenvalue weighted by atomic mass is 16.5. The maximum absolute atomic E-state index is 5.24. The number of hydrogen-bond donors (Lipinski definition) is 1. The lowest BCUT2D eigenvalue weighted by Crippen LogP contribution is -2.11. The summed E-state index contributed by atoms with van der Waals surface area (Å²) in [7, 11) is 1.66. The molecule has 0 saturated carbocycles. The van der Waals surface area contributed by atoms with Crippen molar-refractivity contribution in [3.8, 4) is 17.0 Å². The summed E-state index contributed by atoms with van der Waals surface area (Å²) in [5, 5.41) is 16.4. The molecule has 27 heavy (non-hydrogen) atoms. The van der Waals surface area contributed by atoms with Crippen LogP contribution in [-0.4, -0.2) is 31.9 Å². The first-order valence-electron chi connectivity index (χ1n) is 8.80. The number of hydrogen-bond acceptors (Lipinski definition) is 6. The molecule has 4 aromatic rings. The van der Waals surface area contributed by atoms with Crippen LogP contribution in [-0.2, 0) is 0 Å². The van der Waals surface area contributed by atoms with Crippen LogP contribution >= 0.6 is 0 Å². The van der Waals surface area contributed by atoms with E-state index in [1.54, 1.807) is 18.0 Å². The molecular weight excluding hydrogens is 340 g/mol. The Kier molecular flexibility index (Phi) is 4.65. The third kappa shape index (κ3) is 3.44. The van der Waals surface area contributed by atoms with Gasteiger partial charge in [-0.3, -0.25) is 4.98 Å². The summed E-state index contributed by atoms with van der Waals surface area (Å²) in [5.74, 6) is 0.811. The number of pyridine rings is 1. The van der Waals surface area contributed by atoms with Gasteiger partial charge in [0.05, 0.1) is 24.5 Å². The predicted molar refractivity (Wildman–Crippen MR) is 104 cm³/mol. The second-order valence-corrected chi connectivity index (χ2v) is 6.16. The van der Waals surface area contributed by atoms with E-state index in [-0.39, 0.29) is 6.04 Å². The Balaban J connectivity index is 1.74. The van der Waals surface area contributed by atoms with Gasteiger partial charge in [-0.25, -0.2) is 0 Å². The van der Waals surface area contributed by atoms with Gasteiger partial charge >= 0.3 is 0 Å². The smallest absolute Gasteiger partial charge is 0.200 e. The van der Waals surface area contributed by atoms with Gasteiger partial charge < -0.3 is 10.1 Å². The van der Waals surface area contributed by atoms with E-state index in [9.17, 15) is 0 Å². The molecule has 7 nitrogen and oxygen atoms in total. The second-order valence-electron chi connectivity index (χ2n) is 6.16. The summed E-state index contributed by atoms with van der Waals surface area (Å²) in [4.78, 5) is 4.10. The molecule has 0 bridgehead atoms. The van der Waals surface area contributed by atoms with E-state index < -0.39 is 0 Å². The predicted octanol–water partition coefficient (Wildman–Crippen LogP) is 3.76. The molecule has 3 aromatic heterocycles. The number of nitrogens with one attached hydrogen (secondary N) is 1. The first kappa shape index (κ1) is 17.0. The lowest BCUT2D eigenvalue weighted by atomic mass is 10.1. The van der Waals surface area contributed by atoms with Gasteiger partial charge in [0.15, 0.2) is 0 Å². The second kappa shape index (κ2) is 7.41. The summed E-state index contributed by atoms with van der Waals surface area (Å²) in [5.41, 5.74) is 4.58. The van der Waals surface area contributed by atoms with E-state index >= 15 is 0 Å². The van der Waals surface area contributed by atoms with Crippen molar-refractivity contribution in [2.24, 2.45) is 0 Å². The van der Waals surface area contributed by atoms with Gasteiger partial charge in [0.1, 0.15) is 12.1 Å². The molecular formula is C20H20N6O. The van der Waals surface area contributed by atoms with E-state index in [0.717, 1.165) is 29.1 Å². The van der Waals surface area contributed by atoms with Crippen LogP contribution in [0.15, 0.2) is 61.2 Å². The van der Waals surface area contributed by atoms with Crippen LogP contribution in [0, 0.1) is 0 Å². The fraction of sp³-hybridized carbons (Fsp3) is 0.200. The first-order valence-corrected chi connectivity index (χ1v) is 8.80. The molecule has 7 heteroatoms. The average molecular weight is 360 g/mol. The maximum Gasteiger partial charge on any atom is 0.200 e. The van der Waals surface area contributed by atoms with Crippen molar-refractivity contribution >= 4 is 11.3 Å². The molecule has 1 aromatic carbocycles. The molecule has 0 amide bonds. The van der Waals surface area contributed by atoms with Gasteiger partial charge in [-0.2, -0.15) is 9.61 Å². The number of rotatable bonds is 6. The summed E-state index contributed by atoms with van der Waals surface area (Å²) in [6.07, 6.45) is 6.15. The van der Waals surface area contributed by atoms with Crippen molar-refractivity contribution < 1.29 is 4.74 Å². The largest absolute Gasteiger partial charge is 0.497 e. The average Bonchev–Trinajstić information content (AvgIpc) is 3.21. The van der Waals surface area contributed by atoms with E-state index in [0.29, 0.717) is 5.65 Å². The highest BCUT2D eigenvalue weighted by Gasteiger charge is 2.15. The van der Waals surface area contributed by atoms with Crippen molar-refractivity contribution in [3.05, 3.63) is 66.7 Å². The molecule has 0 aliphatic rings. The van der Waals surface area contributed by atoms with Gasteiger partial charge in [0, 0.05) is 18.0 Å². The Morgan fingerprint density at radius 3 is 2.59 bits per heavy atom. The molecule has 0 saturated heterocycles. The van der Waals surface area contributed by atoms with Crippen LogP contribution < -0.4 is 10.1 Å². The minimum Gasteiger partial charge on any atom is -0.497 e. The van der Waals surface area contributed by atoms with Crippen LogP contribution in [0.2, 0.25) is 0 Å². The van der Waals surface area contributed by atoms with Crippen molar-refractivity contribution in [1.29, 1.82) is 0 Å². The molecule has 0 aliphatic carbocycles. The SMILES string of the molecule is CCC(Nc1cc(-c2ccc(OC)cc2)nn2cnnc12)c1ccncc1. The number of aromatic nitrogens is 5. The molecule has 0 aliphatic heterocycles. The number of benzene rings is 1. The quantitative estimate of drug-likeness (QED) is 0.564. The minimum atomic E-state index is 0.139. The van der Waals surface area contributed by atoms with Crippen LogP contribution in [0.4, 0.5) is 5.69 Å². The molecule has 136 valence electrons. The Morgan fingerprint density at radius 2 is 1.89 bits per heavy atom. The van der Waals surface area contributed by atoms with Crippen LogP contribution in [0.25, 0.3) is 16.9 Å². The van der Waals surface area contributed by atoms with Crippen molar-refractivity contribution in [3.63, 3.8) is 0 Å². The highest BCUT2D eigenvalue weighted by Crippen LogP contribution is 2.28. The Labute approximate surface area is 157 Å². The lowest BCUT2D eigenvalue weighted by molar-refractivity contribution is 0.415. The number of nitrogens with zero attached hydrogens (tertiary/aromatic N) is 5. The van der Waals surface area contributed by atoms with Crippen molar-refractivity contribution in [2.75, 3.05) is 12.4 Å². The fourth-order valence-electron chi connectivity index (χ4n) is 3.04. The number of methoxy groups -OCH3 is 1. The summed E-state index contributed by atoms with van der Waals surface area (Å²) in [6, 6.07) is 14.0. The highest BCUT2D eigenvalue weighted by molar-refractivity contribution is 5.73. The topological polar surface area (TPSA) is 77.2 Å². The Morgan fingerprint density at radius 1 is 1.11 bits per heavy atom. The molecule has 0 fully saturated rings. The summed E-state index contributed by atoms with van der Waals surface area (Å²) >= 11 is 0. The summed E-state index contributed by atoms with van der Waals surface area (Å²) < 4.78 is 6.94. The van der Waals surface area contributed by atoms with Gasteiger partial charge in [-0.15, -0.1) is 10.2 Å². The van der Waals surface area contributed by atoms with Crippen molar-refractivity contribution in [1.82, 2.24) is 24.8 Å². The van der Waals surface area contributed by atoms with E-state index in [1.807, 2.05) is 54.9 Å². The van der Waals surface area contributed by atoms with E-state index in [4.69, 9.17) is 4.74 Å². The molecule has 4 rings (SSSR count). The van der Waals surface area contributed by atoms with Gasteiger partial charge in [0.2, 0.25) is 5.65 Å². The minimum absolute atomic E-state index is 0.139. The molecule has 1 atom stereocenters. The lowest BCUT2D eigenvalue weighted by Gasteiger charge is -2.19. The zero-order valence-corrected chi connectivity index (χ0v) is 15.2. The first-order chi connectivity index (χ1) is 13.3. The number of anilines is 1. The number of ether oxygens (including phenoxy) is 1. The monoisotopic (exact) mass is 360 g/mol. The third-order valence-electron chi connectivity index (χ3n) is 4.50. The number of fused-ring (bicyclic) bond motifs is 1. The fourth-order valence-corrected chi connectivity index (χ4v) is 3.04.